The number of carbonyl (C=O) groups is 2. The van der Waals surface area contributed by atoms with Gasteiger partial charge in [0.15, 0.2) is 0 Å². The van der Waals surface area contributed by atoms with E-state index in [1.54, 1.807) is 0 Å². The standard InChI is InChI=1S/C18H32N4O4/c23-17(21-4-8-25-9-5-21)19-13-15-2-1-3-16(12-15)14-20-18(24)22-6-10-26-11-7-22/h15-16H,1-14H2,(H,19,23)(H,20,24)/t15-,16-/m1/s1. The van der Waals surface area contributed by atoms with Crippen LogP contribution in [0, 0.1) is 11.8 Å². The Bertz CT molecular complexity index is 424. The average Bonchev–Trinajstić information content (AvgIpc) is 2.72. The first-order valence-electron chi connectivity index (χ1n) is 9.93. The smallest absolute Gasteiger partial charge is 0.317 e. The molecule has 0 aromatic rings. The van der Waals surface area contributed by atoms with Gasteiger partial charge in [-0.15, -0.1) is 0 Å². The normalized spacial score (nSPS) is 27.1. The molecule has 0 radical (unpaired) electrons. The topological polar surface area (TPSA) is 83.1 Å². The van der Waals surface area contributed by atoms with Crippen LogP contribution in [-0.2, 0) is 9.47 Å². The van der Waals surface area contributed by atoms with Gasteiger partial charge in [0.2, 0.25) is 0 Å². The van der Waals surface area contributed by atoms with Gasteiger partial charge >= 0.3 is 12.1 Å². The summed E-state index contributed by atoms with van der Waals surface area (Å²) >= 11 is 0. The number of nitrogens with one attached hydrogen (secondary N) is 2. The Morgan fingerprint density at radius 3 is 1.62 bits per heavy atom. The van der Waals surface area contributed by atoms with E-state index < -0.39 is 0 Å². The highest BCUT2D eigenvalue weighted by atomic mass is 16.5. The lowest BCUT2D eigenvalue weighted by Gasteiger charge is -2.32. The van der Waals surface area contributed by atoms with Gasteiger partial charge in [0.05, 0.1) is 26.4 Å². The summed E-state index contributed by atoms with van der Waals surface area (Å²) in [5, 5.41) is 6.16. The van der Waals surface area contributed by atoms with Gasteiger partial charge in [0.25, 0.3) is 0 Å². The van der Waals surface area contributed by atoms with E-state index in [2.05, 4.69) is 10.6 Å². The molecule has 2 atom stereocenters. The van der Waals surface area contributed by atoms with Crippen molar-refractivity contribution in [1.29, 1.82) is 0 Å². The molecular weight excluding hydrogens is 336 g/mol. The molecule has 8 nitrogen and oxygen atoms in total. The monoisotopic (exact) mass is 368 g/mol. The van der Waals surface area contributed by atoms with Crippen molar-refractivity contribution >= 4 is 12.1 Å². The van der Waals surface area contributed by atoms with E-state index in [1.807, 2.05) is 9.80 Å². The molecule has 26 heavy (non-hydrogen) atoms. The Kier molecular flexibility index (Phi) is 7.37. The summed E-state index contributed by atoms with van der Waals surface area (Å²) in [6, 6.07) is 0.0482. The van der Waals surface area contributed by atoms with Crippen LogP contribution < -0.4 is 10.6 Å². The van der Waals surface area contributed by atoms with E-state index >= 15 is 0 Å². The molecule has 1 aliphatic carbocycles. The zero-order valence-corrected chi connectivity index (χ0v) is 15.6. The second-order valence-electron chi connectivity index (χ2n) is 7.47. The van der Waals surface area contributed by atoms with Gasteiger partial charge < -0.3 is 29.9 Å². The molecule has 2 heterocycles. The zero-order valence-electron chi connectivity index (χ0n) is 15.6. The maximum Gasteiger partial charge on any atom is 0.317 e. The molecule has 4 amide bonds. The number of hydrogen-bond donors (Lipinski definition) is 2. The Morgan fingerprint density at radius 1 is 0.769 bits per heavy atom. The van der Waals surface area contributed by atoms with Crippen molar-refractivity contribution in [3.63, 3.8) is 0 Å². The lowest BCUT2D eigenvalue weighted by atomic mass is 9.81. The molecule has 148 valence electrons. The number of amides is 4. The summed E-state index contributed by atoms with van der Waals surface area (Å²) in [6.07, 6.45) is 4.53. The maximum atomic E-state index is 12.2. The predicted molar refractivity (Wildman–Crippen MR) is 97.0 cm³/mol. The SMILES string of the molecule is O=C(NC[C@@H]1CCC[C@@H](CNC(=O)N2CCOCC2)C1)N1CCOCC1. The molecule has 1 saturated carbocycles. The fraction of sp³-hybridized carbons (Fsp3) is 0.889. The summed E-state index contributed by atoms with van der Waals surface area (Å²) in [6.45, 7) is 6.65. The summed E-state index contributed by atoms with van der Waals surface area (Å²) in [4.78, 5) is 28.0. The van der Waals surface area contributed by atoms with Crippen LogP contribution in [0.15, 0.2) is 0 Å². The highest BCUT2D eigenvalue weighted by molar-refractivity contribution is 5.74. The third-order valence-corrected chi connectivity index (χ3v) is 5.57. The van der Waals surface area contributed by atoms with Gasteiger partial charge in [0, 0.05) is 39.3 Å². The highest BCUT2D eigenvalue weighted by Gasteiger charge is 2.25. The lowest BCUT2D eigenvalue weighted by molar-refractivity contribution is 0.0523. The Balaban J connectivity index is 1.34. The first kappa shape index (κ1) is 19.2. The van der Waals surface area contributed by atoms with E-state index in [0.29, 0.717) is 64.4 Å². The molecule has 3 fully saturated rings. The van der Waals surface area contributed by atoms with Crippen molar-refractivity contribution in [2.45, 2.75) is 25.7 Å². The van der Waals surface area contributed by atoms with Crippen LogP contribution >= 0.6 is 0 Å². The first-order valence-corrected chi connectivity index (χ1v) is 9.93. The van der Waals surface area contributed by atoms with Gasteiger partial charge in [0.1, 0.15) is 0 Å². The van der Waals surface area contributed by atoms with Gasteiger partial charge in [-0.3, -0.25) is 0 Å². The lowest BCUT2D eigenvalue weighted by Crippen LogP contribution is -2.48. The van der Waals surface area contributed by atoms with E-state index in [0.717, 1.165) is 38.8 Å². The van der Waals surface area contributed by atoms with Crippen molar-refractivity contribution < 1.29 is 19.1 Å². The minimum absolute atomic E-state index is 0.0241. The molecule has 2 saturated heterocycles. The minimum atomic E-state index is 0.0241. The summed E-state index contributed by atoms with van der Waals surface area (Å²) in [7, 11) is 0. The van der Waals surface area contributed by atoms with Gasteiger partial charge in [-0.1, -0.05) is 6.42 Å². The summed E-state index contributed by atoms with van der Waals surface area (Å²) in [5.41, 5.74) is 0. The molecule has 2 aliphatic heterocycles. The zero-order chi connectivity index (χ0) is 18.2. The second-order valence-corrected chi connectivity index (χ2v) is 7.47. The molecule has 0 unspecified atom stereocenters. The van der Waals surface area contributed by atoms with Crippen molar-refractivity contribution in [3.8, 4) is 0 Å². The summed E-state index contributed by atoms with van der Waals surface area (Å²) in [5.74, 6) is 0.998. The number of hydrogen-bond acceptors (Lipinski definition) is 4. The van der Waals surface area contributed by atoms with Crippen molar-refractivity contribution in [1.82, 2.24) is 20.4 Å². The maximum absolute atomic E-state index is 12.2. The second kappa shape index (κ2) is 9.97. The molecule has 0 spiro atoms. The van der Waals surface area contributed by atoms with Crippen LogP contribution in [0.5, 0.6) is 0 Å². The van der Waals surface area contributed by atoms with Crippen LogP contribution in [0.4, 0.5) is 9.59 Å². The third kappa shape index (κ3) is 5.74. The summed E-state index contributed by atoms with van der Waals surface area (Å²) < 4.78 is 10.6. The minimum Gasteiger partial charge on any atom is -0.378 e. The fourth-order valence-corrected chi connectivity index (χ4v) is 3.99. The van der Waals surface area contributed by atoms with E-state index in [-0.39, 0.29) is 12.1 Å². The Morgan fingerprint density at radius 2 is 1.19 bits per heavy atom. The molecule has 3 aliphatic rings. The van der Waals surface area contributed by atoms with Crippen LogP contribution in [0.2, 0.25) is 0 Å². The molecule has 0 aromatic heterocycles. The first-order chi connectivity index (χ1) is 12.7. The largest absolute Gasteiger partial charge is 0.378 e. The van der Waals surface area contributed by atoms with Crippen LogP contribution in [-0.4, -0.2) is 87.6 Å². The Hall–Kier alpha value is -1.54. The highest BCUT2D eigenvalue weighted by Crippen LogP contribution is 2.28. The molecule has 3 rings (SSSR count). The number of urea groups is 2. The van der Waals surface area contributed by atoms with Crippen LogP contribution in [0.1, 0.15) is 25.7 Å². The van der Waals surface area contributed by atoms with E-state index in [1.165, 1.54) is 0 Å². The van der Waals surface area contributed by atoms with E-state index in [4.69, 9.17) is 9.47 Å². The number of morpholine rings is 2. The van der Waals surface area contributed by atoms with Crippen molar-refractivity contribution in [2.24, 2.45) is 11.8 Å². The number of nitrogens with zero attached hydrogens (tertiary/aromatic N) is 2. The third-order valence-electron chi connectivity index (χ3n) is 5.57. The van der Waals surface area contributed by atoms with Crippen LogP contribution in [0.25, 0.3) is 0 Å². The van der Waals surface area contributed by atoms with E-state index in [9.17, 15) is 9.59 Å². The van der Waals surface area contributed by atoms with Crippen molar-refractivity contribution in [3.05, 3.63) is 0 Å². The average molecular weight is 368 g/mol. The molecule has 0 bridgehead atoms. The quantitative estimate of drug-likeness (QED) is 0.772. The Labute approximate surface area is 155 Å². The molecule has 8 heteroatoms. The van der Waals surface area contributed by atoms with Crippen LogP contribution in [0.3, 0.4) is 0 Å². The molecule has 0 aromatic carbocycles. The van der Waals surface area contributed by atoms with Gasteiger partial charge in [-0.2, -0.15) is 0 Å². The molecular formula is C18H32N4O4. The van der Waals surface area contributed by atoms with Gasteiger partial charge in [-0.25, -0.2) is 9.59 Å². The predicted octanol–water partition coefficient (Wildman–Crippen LogP) is 0.876. The number of rotatable bonds is 4. The number of carbonyl (C=O) groups excluding carboxylic acids is 2. The van der Waals surface area contributed by atoms with Gasteiger partial charge in [-0.05, 0) is 31.1 Å². The van der Waals surface area contributed by atoms with Crippen molar-refractivity contribution in [2.75, 3.05) is 65.7 Å². The number of ether oxygens (including phenoxy) is 2. The molecule has 2 N–H and O–H groups in total. The fourth-order valence-electron chi connectivity index (χ4n) is 3.99.